The molecule has 4 aromatic carbocycles. The van der Waals surface area contributed by atoms with Crippen LogP contribution in [0.1, 0.15) is 26.3 Å². The Labute approximate surface area is 216 Å². The molecule has 1 aromatic heterocycles. The van der Waals surface area contributed by atoms with Gasteiger partial charge in [-0.25, -0.2) is 9.78 Å². The zero-order valence-electron chi connectivity index (χ0n) is 18.9. The van der Waals surface area contributed by atoms with Gasteiger partial charge in [-0.05, 0) is 91.3 Å². The zero-order valence-corrected chi connectivity index (χ0v) is 20.4. The largest absolute Gasteiger partial charge is 0.436 e. The zero-order chi connectivity index (χ0) is 25.2. The van der Waals surface area contributed by atoms with Gasteiger partial charge in [-0.2, -0.15) is 0 Å². The first kappa shape index (κ1) is 23.6. The van der Waals surface area contributed by atoms with E-state index in [4.69, 9.17) is 32.4 Å². The fourth-order valence-electron chi connectivity index (χ4n) is 3.57. The molecule has 0 bridgehead atoms. The van der Waals surface area contributed by atoms with Crippen LogP contribution in [0.25, 0.3) is 22.6 Å². The molecule has 0 unspecified atom stereocenters. The van der Waals surface area contributed by atoms with Gasteiger partial charge in [-0.1, -0.05) is 29.3 Å². The molecule has 0 aliphatic carbocycles. The quantitative estimate of drug-likeness (QED) is 0.192. The Morgan fingerprint density at radius 3 is 2.19 bits per heavy atom. The van der Waals surface area contributed by atoms with Crippen LogP contribution in [-0.4, -0.2) is 16.9 Å². The number of anilines is 1. The number of aromatic nitrogens is 1. The number of oxazole rings is 1. The van der Waals surface area contributed by atoms with Gasteiger partial charge in [0.1, 0.15) is 11.3 Å². The number of aryl methyl sites for hydroxylation is 1. The first-order valence-electron chi connectivity index (χ1n) is 10.9. The Bertz CT molecular complexity index is 1590. The van der Waals surface area contributed by atoms with Crippen molar-refractivity contribution in [3.8, 4) is 17.2 Å². The average molecular weight is 517 g/mol. The number of hydrogen-bond acceptors (Lipinski definition) is 5. The van der Waals surface area contributed by atoms with Gasteiger partial charge >= 0.3 is 5.97 Å². The molecule has 0 spiro atoms. The van der Waals surface area contributed by atoms with Crippen LogP contribution in [0.3, 0.4) is 0 Å². The SMILES string of the molecule is Cc1ccc2oc(-c3cc(NC(=O)c4ccc(Cl)cc4)ccc3OC(=O)c3ccc(Cl)cc3)nc2c1. The monoisotopic (exact) mass is 516 g/mol. The van der Waals surface area contributed by atoms with Crippen molar-refractivity contribution in [3.63, 3.8) is 0 Å². The summed E-state index contributed by atoms with van der Waals surface area (Å²) < 4.78 is 11.7. The highest BCUT2D eigenvalue weighted by Gasteiger charge is 2.19. The predicted molar refractivity (Wildman–Crippen MR) is 140 cm³/mol. The van der Waals surface area contributed by atoms with E-state index in [0.29, 0.717) is 43.5 Å². The van der Waals surface area contributed by atoms with Gasteiger partial charge in [-0.3, -0.25) is 4.79 Å². The highest BCUT2D eigenvalue weighted by Crippen LogP contribution is 2.35. The van der Waals surface area contributed by atoms with Crippen LogP contribution in [0.5, 0.6) is 5.75 Å². The Morgan fingerprint density at radius 2 is 1.50 bits per heavy atom. The van der Waals surface area contributed by atoms with E-state index in [-0.39, 0.29) is 17.5 Å². The van der Waals surface area contributed by atoms with E-state index >= 15 is 0 Å². The second-order valence-corrected chi connectivity index (χ2v) is 8.93. The molecule has 6 nitrogen and oxygen atoms in total. The van der Waals surface area contributed by atoms with Crippen molar-refractivity contribution in [2.24, 2.45) is 0 Å². The molecule has 0 atom stereocenters. The highest BCUT2D eigenvalue weighted by molar-refractivity contribution is 6.31. The van der Waals surface area contributed by atoms with Crippen LogP contribution >= 0.6 is 23.2 Å². The summed E-state index contributed by atoms with van der Waals surface area (Å²) >= 11 is 11.9. The van der Waals surface area contributed by atoms with Crippen LogP contribution < -0.4 is 10.1 Å². The molecule has 36 heavy (non-hydrogen) atoms. The first-order chi connectivity index (χ1) is 17.4. The van der Waals surface area contributed by atoms with Crippen LogP contribution in [0.2, 0.25) is 10.0 Å². The summed E-state index contributed by atoms with van der Waals surface area (Å²) in [6.45, 7) is 1.96. The van der Waals surface area contributed by atoms with Crippen molar-refractivity contribution in [1.82, 2.24) is 4.98 Å². The predicted octanol–water partition coefficient (Wildman–Crippen LogP) is 7.58. The van der Waals surface area contributed by atoms with Crippen molar-refractivity contribution < 1.29 is 18.7 Å². The second kappa shape index (κ2) is 9.85. The summed E-state index contributed by atoms with van der Waals surface area (Å²) in [5.74, 6) is -0.422. The van der Waals surface area contributed by atoms with Crippen molar-refractivity contribution >= 4 is 51.9 Å². The number of benzene rings is 4. The van der Waals surface area contributed by atoms with Gasteiger partial charge in [0.05, 0.1) is 11.1 Å². The lowest BCUT2D eigenvalue weighted by Gasteiger charge is -2.11. The van der Waals surface area contributed by atoms with E-state index in [9.17, 15) is 9.59 Å². The summed E-state index contributed by atoms with van der Waals surface area (Å²) in [5.41, 5.74) is 3.92. The highest BCUT2D eigenvalue weighted by atomic mass is 35.5. The molecule has 0 aliphatic rings. The third kappa shape index (κ3) is 5.10. The number of ether oxygens (including phenoxy) is 1. The number of nitrogens with zero attached hydrogens (tertiary/aromatic N) is 1. The number of carbonyl (C=O) groups is 2. The van der Waals surface area contributed by atoms with E-state index in [1.54, 1.807) is 66.7 Å². The molecule has 0 radical (unpaired) electrons. The summed E-state index contributed by atoms with van der Waals surface area (Å²) in [6, 6.07) is 23.4. The third-order valence-corrected chi connectivity index (χ3v) is 5.90. The molecule has 1 heterocycles. The van der Waals surface area contributed by atoms with Crippen LogP contribution in [0, 0.1) is 6.92 Å². The molecule has 1 amide bonds. The fraction of sp³-hybridized carbons (Fsp3) is 0.0357. The minimum atomic E-state index is -0.571. The van der Waals surface area contributed by atoms with Crippen molar-refractivity contribution in [2.45, 2.75) is 6.92 Å². The Morgan fingerprint density at radius 1 is 0.833 bits per heavy atom. The maximum absolute atomic E-state index is 12.8. The number of amides is 1. The lowest BCUT2D eigenvalue weighted by molar-refractivity contribution is 0.0735. The normalized spacial score (nSPS) is 10.9. The summed E-state index contributed by atoms with van der Waals surface area (Å²) in [4.78, 5) is 30.1. The molecule has 5 aromatic rings. The summed E-state index contributed by atoms with van der Waals surface area (Å²) in [7, 11) is 0. The topological polar surface area (TPSA) is 81.4 Å². The number of carbonyl (C=O) groups excluding carboxylic acids is 2. The number of hydrogen-bond donors (Lipinski definition) is 1. The maximum Gasteiger partial charge on any atom is 0.343 e. The minimum absolute atomic E-state index is 0.225. The van der Waals surface area contributed by atoms with Crippen molar-refractivity contribution in [1.29, 1.82) is 0 Å². The average Bonchev–Trinajstić information content (AvgIpc) is 3.28. The molecule has 0 saturated carbocycles. The molecule has 178 valence electrons. The first-order valence-corrected chi connectivity index (χ1v) is 11.7. The molecule has 0 aliphatic heterocycles. The number of nitrogens with one attached hydrogen (secondary N) is 1. The molecule has 0 fully saturated rings. The lowest BCUT2D eigenvalue weighted by Crippen LogP contribution is -2.12. The van der Waals surface area contributed by atoms with Gasteiger partial charge < -0.3 is 14.5 Å². The second-order valence-electron chi connectivity index (χ2n) is 8.06. The van der Waals surface area contributed by atoms with E-state index in [1.165, 1.54) is 0 Å². The number of rotatable bonds is 5. The molecule has 1 N–H and O–H groups in total. The smallest absolute Gasteiger partial charge is 0.343 e. The minimum Gasteiger partial charge on any atom is -0.436 e. The van der Waals surface area contributed by atoms with Gasteiger partial charge in [0.15, 0.2) is 5.58 Å². The van der Waals surface area contributed by atoms with E-state index in [2.05, 4.69) is 10.3 Å². The summed E-state index contributed by atoms with van der Waals surface area (Å²) in [5, 5.41) is 3.89. The summed E-state index contributed by atoms with van der Waals surface area (Å²) in [6.07, 6.45) is 0. The van der Waals surface area contributed by atoms with Crippen LogP contribution in [-0.2, 0) is 0 Å². The fourth-order valence-corrected chi connectivity index (χ4v) is 3.82. The Balaban J connectivity index is 1.51. The standard InChI is InChI=1S/C28H18Cl2N2O4/c1-16-2-12-25-23(14-16)32-27(35-25)22-15-21(31-26(33)17-3-7-19(29)8-4-17)11-13-24(22)36-28(34)18-5-9-20(30)10-6-18/h2-15H,1H3,(H,31,33). The molecule has 5 rings (SSSR count). The van der Waals surface area contributed by atoms with Gasteiger partial charge in [0.25, 0.3) is 5.91 Å². The Kier molecular flexibility index (Phi) is 6.46. The molecule has 8 heteroatoms. The number of fused-ring (bicyclic) bond motifs is 1. The maximum atomic E-state index is 12.8. The molecular weight excluding hydrogens is 499 g/mol. The molecular formula is C28H18Cl2N2O4. The van der Waals surface area contributed by atoms with Gasteiger partial charge in [0, 0.05) is 21.3 Å². The Hall–Kier alpha value is -4.13. The third-order valence-electron chi connectivity index (χ3n) is 5.40. The lowest BCUT2D eigenvalue weighted by atomic mass is 10.1. The van der Waals surface area contributed by atoms with E-state index in [0.717, 1.165) is 5.56 Å². The van der Waals surface area contributed by atoms with E-state index < -0.39 is 5.97 Å². The van der Waals surface area contributed by atoms with Gasteiger partial charge in [-0.15, -0.1) is 0 Å². The number of esters is 1. The van der Waals surface area contributed by atoms with Crippen molar-refractivity contribution in [3.05, 3.63) is 112 Å². The van der Waals surface area contributed by atoms with Crippen LogP contribution in [0.15, 0.2) is 89.3 Å². The van der Waals surface area contributed by atoms with E-state index in [1.807, 2.05) is 25.1 Å². The number of halogens is 2. The van der Waals surface area contributed by atoms with Gasteiger partial charge in [0.2, 0.25) is 5.89 Å². The molecule has 0 saturated heterocycles. The van der Waals surface area contributed by atoms with Crippen molar-refractivity contribution in [2.75, 3.05) is 5.32 Å². The van der Waals surface area contributed by atoms with Crippen LogP contribution in [0.4, 0.5) is 5.69 Å².